The number of hydrogen-bond donors (Lipinski definition) is 1. The summed E-state index contributed by atoms with van der Waals surface area (Å²) < 4.78 is 22.7. The zero-order chi connectivity index (χ0) is 16.9. The molecule has 4 nitrogen and oxygen atoms in total. The fourth-order valence-electron chi connectivity index (χ4n) is 2.62. The normalized spacial score (nSPS) is 18.4. The third-order valence-electron chi connectivity index (χ3n) is 4.14. The molecule has 1 fully saturated rings. The van der Waals surface area contributed by atoms with E-state index in [0.717, 1.165) is 5.56 Å². The van der Waals surface area contributed by atoms with Crippen LogP contribution in [0.4, 0.5) is 0 Å². The van der Waals surface area contributed by atoms with E-state index in [1.165, 1.54) is 5.56 Å². The van der Waals surface area contributed by atoms with Crippen LogP contribution in [-0.4, -0.2) is 31.9 Å². The van der Waals surface area contributed by atoms with E-state index in [9.17, 15) is 13.2 Å². The Labute approximate surface area is 138 Å². The van der Waals surface area contributed by atoms with Crippen molar-refractivity contribution in [2.45, 2.75) is 45.1 Å². The Hall–Kier alpha value is -1.62. The number of amides is 1. The van der Waals surface area contributed by atoms with Gasteiger partial charge in [0.15, 0.2) is 0 Å². The molecule has 0 aromatic heterocycles. The molecular weight excluding hydrogens is 310 g/mol. The SMILES string of the molecule is CC(C)c1ccc(/C=C/CC(=O)NC2CCS(=O)(=O)CC2)cc1. The molecule has 0 radical (unpaired) electrons. The van der Waals surface area contributed by atoms with Crippen molar-refractivity contribution in [3.05, 3.63) is 41.5 Å². The lowest BCUT2D eigenvalue weighted by Crippen LogP contribution is -2.40. The molecular formula is C18H25NO3S. The van der Waals surface area contributed by atoms with E-state index in [1.54, 1.807) is 0 Å². The van der Waals surface area contributed by atoms with Crippen molar-refractivity contribution in [3.8, 4) is 0 Å². The van der Waals surface area contributed by atoms with Crippen molar-refractivity contribution in [2.24, 2.45) is 0 Å². The van der Waals surface area contributed by atoms with E-state index in [-0.39, 0.29) is 23.5 Å². The van der Waals surface area contributed by atoms with Gasteiger partial charge < -0.3 is 5.32 Å². The van der Waals surface area contributed by atoms with Crippen molar-refractivity contribution < 1.29 is 13.2 Å². The lowest BCUT2D eigenvalue weighted by molar-refractivity contribution is -0.121. The Morgan fingerprint density at radius 2 is 1.83 bits per heavy atom. The number of rotatable bonds is 5. The van der Waals surface area contributed by atoms with Crippen molar-refractivity contribution in [1.82, 2.24) is 5.32 Å². The molecule has 0 unspecified atom stereocenters. The number of carbonyl (C=O) groups excluding carboxylic acids is 1. The number of hydrogen-bond acceptors (Lipinski definition) is 3. The molecule has 0 spiro atoms. The van der Waals surface area contributed by atoms with Crippen LogP contribution >= 0.6 is 0 Å². The third-order valence-corrected chi connectivity index (χ3v) is 5.85. The highest BCUT2D eigenvalue weighted by Gasteiger charge is 2.24. The number of nitrogens with one attached hydrogen (secondary N) is 1. The van der Waals surface area contributed by atoms with Gasteiger partial charge in [0.05, 0.1) is 11.5 Å². The first kappa shape index (κ1) is 17.7. The van der Waals surface area contributed by atoms with Crippen molar-refractivity contribution in [2.75, 3.05) is 11.5 Å². The Bertz CT molecular complexity index is 646. The molecule has 0 aliphatic carbocycles. The fourth-order valence-corrected chi connectivity index (χ4v) is 4.11. The fraction of sp³-hybridized carbons (Fsp3) is 0.500. The minimum Gasteiger partial charge on any atom is -0.353 e. The molecule has 1 aromatic carbocycles. The van der Waals surface area contributed by atoms with Crippen LogP contribution < -0.4 is 5.32 Å². The van der Waals surface area contributed by atoms with E-state index in [2.05, 4.69) is 43.4 Å². The van der Waals surface area contributed by atoms with Crippen molar-refractivity contribution in [3.63, 3.8) is 0 Å². The predicted molar refractivity (Wildman–Crippen MR) is 94.0 cm³/mol. The smallest absolute Gasteiger partial charge is 0.224 e. The maximum atomic E-state index is 11.9. The third kappa shape index (κ3) is 5.82. The van der Waals surface area contributed by atoms with Gasteiger partial charge in [0.2, 0.25) is 5.91 Å². The topological polar surface area (TPSA) is 63.2 Å². The maximum absolute atomic E-state index is 11.9. The second-order valence-electron chi connectivity index (χ2n) is 6.42. The van der Waals surface area contributed by atoms with Crippen LogP contribution in [-0.2, 0) is 14.6 Å². The second kappa shape index (κ2) is 7.77. The summed E-state index contributed by atoms with van der Waals surface area (Å²) in [5, 5.41) is 2.91. The van der Waals surface area contributed by atoms with Crippen molar-refractivity contribution in [1.29, 1.82) is 0 Å². The molecule has 0 saturated carbocycles. The van der Waals surface area contributed by atoms with Crippen LogP contribution in [0.25, 0.3) is 6.08 Å². The zero-order valence-electron chi connectivity index (χ0n) is 13.8. The average Bonchev–Trinajstić information content (AvgIpc) is 2.50. The van der Waals surface area contributed by atoms with Gasteiger partial charge in [-0.15, -0.1) is 0 Å². The molecule has 126 valence electrons. The Kier molecular flexibility index (Phi) is 5.99. The molecule has 0 atom stereocenters. The monoisotopic (exact) mass is 335 g/mol. The molecule has 1 aliphatic heterocycles. The quantitative estimate of drug-likeness (QED) is 0.900. The highest BCUT2D eigenvalue weighted by molar-refractivity contribution is 7.91. The van der Waals surface area contributed by atoms with Crippen LogP contribution in [0.5, 0.6) is 0 Å². The largest absolute Gasteiger partial charge is 0.353 e. The molecule has 23 heavy (non-hydrogen) atoms. The molecule has 1 N–H and O–H groups in total. The molecule has 2 rings (SSSR count). The van der Waals surface area contributed by atoms with E-state index < -0.39 is 9.84 Å². The Morgan fingerprint density at radius 1 is 1.22 bits per heavy atom. The summed E-state index contributed by atoms with van der Waals surface area (Å²) in [6.07, 6.45) is 5.15. The summed E-state index contributed by atoms with van der Waals surface area (Å²) in [4.78, 5) is 11.9. The Balaban J connectivity index is 1.77. The molecule has 1 aliphatic rings. The van der Waals surface area contributed by atoms with Crippen LogP contribution in [0.1, 0.15) is 50.2 Å². The summed E-state index contributed by atoms with van der Waals surface area (Å²) in [5.74, 6) is 0.814. The van der Waals surface area contributed by atoms with Gasteiger partial charge in [0.25, 0.3) is 0 Å². The van der Waals surface area contributed by atoms with Crippen LogP contribution in [0, 0.1) is 0 Å². The van der Waals surface area contributed by atoms with E-state index in [1.807, 2.05) is 12.2 Å². The minimum atomic E-state index is -2.88. The molecule has 5 heteroatoms. The maximum Gasteiger partial charge on any atom is 0.224 e. The number of sulfone groups is 1. The number of benzene rings is 1. The molecule has 1 heterocycles. The van der Waals surface area contributed by atoms with E-state index in [4.69, 9.17) is 0 Å². The van der Waals surface area contributed by atoms with Crippen LogP contribution in [0.2, 0.25) is 0 Å². The van der Waals surface area contributed by atoms with E-state index >= 15 is 0 Å². The number of carbonyl (C=O) groups is 1. The van der Waals surface area contributed by atoms with Gasteiger partial charge in [-0.05, 0) is 29.9 Å². The van der Waals surface area contributed by atoms with Gasteiger partial charge in [0.1, 0.15) is 9.84 Å². The first-order valence-electron chi connectivity index (χ1n) is 8.12. The Morgan fingerprint density at radius 3 is 2.39 bits per heavy atom. The van der Waals surface area contributed by atoms with Crippen LogP contribution in [0.3, 0.4) is 0 Å². The summed E-state index contributed by atoms with van der Waals surface area (Å²) >= 11 is 0. The standard InChI is InChI=1S/C18H25NO3S/c1-14(2)16-8-6-15(7-9-16)4-3-5-18(20)19-17-10-12-23(21,22)13-11-17/h3-4,6-9,14,17H,5,10-13H2,1-2H3,(H,19,20)/b4-3+. The second-order valence-corrected chi connectivity index (χ2v) is 8.73. The average molecular weight is 335 g/mol. The van der Waals surface area contributed by atoms with Gasteiger partial charge in [-0.2, -0.15) is 0 Å². The van der Waals surface area contributed by atoms with Crippen molar-refractivity contribution >= 4 is 21.8 Å². The minimum absolute atomic E-state index is 0.00949. The highest BCUT2D eigenvalue weighted by Crippen LogP contribution is 2.15. The molecule has 1 saturated heterocycles. The lowest BCUT2D eigenvalue weighted by atomic mass is 10.0. The lowest BCUT2D eigenvalue weighted by Gasteiger charge is -2.22. The van der Waals surface area contributed by atoms with E-state index in [0.29, 0.717) is 25.2 Å². The summed E-state index contributed by atoms with van der Waals surface area (Å²) in [6.45, 7) is 4.32. The first-order chi connectivity index (χ1) is 10.9. The highest BCUT2D eigenvalue weighted by atomic mass is 32.2. The summed E-state index contributed by atoms with van der Waals surface area (Å²) in [7, 11) is -2.88. The van der Waals surface area contributed by atoms with Crippen LogP contribution in [0.15, 0.2) is 30.3 Å². The van der Waals surface area contributed by atoms with Gasteiger partial charge >= 0.3 is 0 Å². The van der Waals surface area contributed by atoms with Gasteiger partial charge in [0, 0.05) is 12.5 Å². The van der Waals surface area contributed by atoms with Gasteiger partial charge in [-0.25, -0.2) is 8.42 Å². The molecule has 1 amide bonds. The molecule has 0 bridgehead atoms. The summed E-state index contributed by atoms with van der Waals surface area (Å²) in [5.41, 5.74) is 2.37. The van der Waals surface area contributed by atoms with Gasteiger partial charge in [-0.1, -0.05) is 50.3 Å². The molecule has 1 aromatic rings. The van der Waals surface area contributed by atoms with Gasteiger partial charge in [-0.3, -0.25) is 4.79 Å². The first-order valence-corrected chi connectivity index (χ1v) is 9.94. The zero-order valence-corrected chi connectivity index (χ0v) is 14.6. The summed E-state index contributed by atoms with van der Waals surface area (Å²) in [6, 6.07) is 8.30. The predicted octanol–water partition coefficient (Wildman–Crippen LogP) is 2.91.